The topological polar surface area (TPSA) is 53.9 Å². The van der Waals surface area contributed by atoms with Gasteiger partial charge in [-0.15, -0.1) is 0 Å². The minimum Gasteiger partial charge on any atom is -0.327 e. The zero-order valence-electron chi connectivity index (χ0n) is 16.3. The van der Waals surface area contributed by atoms with E-state index in [1.165, 1.54) is 10.5 Å². The molecular formula is C22H28N3O2+. The number of rotatable bonds is 4. The van der Waals surface area contributed by atoms with Crippen LogP contribution in [-0.2, 0) is 4.79 Å². The average molecular weight is 366 g/mol. The molecule has 2 amide bonds. The van der Waals surface area contributed by atoms with Crippen LogP contribution in [-0.4, -0.2) is 49.4 Å². The summed E-state index contributed by atoms with van der Waals surface area (Å²) in [7, 11) is 0. The smallest absolute Gasteiger partial charge is 0.279 e. The summed E-state index contributed by atoms with van der Waals surface area (Å²) in [4.78, 5) is 28.1. The third-order valence-corrected chi connectivity index (χ3v) is 5.35. The van der Waals surface area contributed by atoms with Crippen molar-refractivity contribution < 1.29 is 14.5 Å². The van der Waals surface area contributed by atoms with Crippen molar-refractivity contribution in [2.75, 3.05) is 38.0 Å². The van der Waals surface area contributed by atoms with Crippen molar-refractivity contribution >= 4 is 17.5 Å². The maximum absolute atomic E-state index is 12.6. The van der Waals surface area contributed by atoms with Gasteiger partial charge in [0.25, 0.3) is 11.8 Å². The third-order valence-electron chi connectivity index (χ3n) is 5.35. The van der Waals surface area contributed by atoms with Crippen LogP contribution < -0.4 is 10.2 Å². The molecule has 0 aromatic heterocycles. The van der Waals surface area contributed by atoms with Crippen molar-refractivity contribution in [1.29, 1.82) is 0 Å². The van der Waals surface area contributed by atoms with Gasteiger partial charge >= 0.3 is 0 Å². The number of piperazine rings is 1. The van der Waals surface area contributed by atoms with E-state index in [1.807, 2.05) is 68.1 Å². The van der Waals surface area contributed by atoms with E-state index in [9.17, 15) is 9.59 Å². The van der Waals surface area contributed by atoms with E-state index in [2.05, 4.69) is 5.32 Å². The maximum atomic E-state index is 12.6. The van der Waals surface area contributed by atoms with Crippen LogP contribution in [0.1, 0.15) is 27.0 Å². The number of nitrogens with zero attached hydrogens (tertiary/aromatic N) is 1. The lowest BCUT2D eigenvalue weighted by Gasteiger charge is -2.32. The van der Waals surface area contributed by atoms with E-state index in [0.717, 1.165) is 35.5 Å². The Morgan fingerprint density at radius 3 is 2.33 bits per heavy atom. The van der Waals surface area contributed by atoms with Gasteiger partial charge in [-0.05, 0) is 50.1 Å². The Balaban J connectivity index is 1.50. The fourth-order valence-corrected chi connectivity index (χ4v) is 3.39. The Morgan fingerprint density at radius 2 is 1.67 bits per heavy atom. The van der Waals surface area contributed by atoms with Crippen molar-refractivity contribution in [3.05, 3.63) is 64.7 Å². The number of amides is 2. The Kier molecular flexibility index (Phi) is 5.91. The molecule has 1 saturated heterocycles. The lowest BCUT2D eigenvalue weighted by atomic mass is 10.1. The number of nitrogens with one attached hydrogen (secondary N) is 2. The van der Waals surface area contributed by atoms with Gasteiger partial charge in [0.2, 0.25) is 0 Å². The van der Waals surface area contributed by atoms with Gasteiger partial charge in [-0.3, -0.25) is 9.59 Å². The number of anilines is 1. The molecule has 3 rings (SSSR count). The molecule has 0 saturated carbocycles. The second kappa shape index (κ2) is 8.35. The Bertz CT molecular complexity index is 822. The second-order valence-corrected chi connectivity index (χ2v) is 7.38. The first kappa shape index (κ1) is 19.1. The van der Waals surface area contributed by atoms with E-state index >= 15 is 0 Å². The van der Waals surface area contributed by atoms with Crippen molar-refractivity contribution in [2.45, 2.75) is 20.8 Å². The quantitative estimate of drug-likeness (QED) is 0.864. The highest BCUT2D eigenvalue weighted by molar-refractivity contribution is 5.94. The van der Waals surface area contributed by atoms with Crippen LogP contribution in [0.2, 0.25) is 0 Å². The summed E-state index contributed by atoms with van der Waals surface area (Å²) in [5.74, 6) is 0.103. The van der Waals surface area contributed by atoms with Gasteiger partial charge in [0.15, 0.2) is 6.54 Å². The normalized spacial score (nSPS) is 14.9. The zero-order valence-corrected chi connectivity index (χ0v) is 16.3. The lowest BCUT2D eigenvalue weighted by molar-refractivity contribution is -0.895. The minimum atomic E-state index is 0.0250. The Labute approximate surface area is 161 Å². The fraction of sp³-hybridized carbons (Fsp3) is 0.364. The molecule has 5 nitrogen and oxygen atoms in total. The zero-order chi connectivity index (χ0) is 19.4. The number of aryl methyl sites for hydroxylation is 2. The monoisotopic (exact) mass is 366 g/mol. The number of hydrogen-bond donors (Lipinski definition) is 2. The average Bonchev–Trinajstić information content (AvgIpc) is 2.66. The molecule has 0 bridgehead atoms. The molecule has 2 aromatic rings. The number of hydrogen-bond acceptors (Lipinski definition) is 2. The van der Waals surface area contributed by atoms with Gasteiger partial charge in [-0.2, -0.15) is 0 Å². The van der Waals surface area contributed by atoms with E-state index in [1.54, 1.807) is 0 Å². The number of carbonyl (C=O) groups excluding carboxylic acids is 2. The van der Waals surface area contributed by atoms with E-state index in [-0.39, 0.29) is 11.8 Å². The molecule has 5 heteroatoms. The maximum Gasteiger partial charge on any atom is 0.279 e. The molecule has 1 fully saturated rings. The van der Waals surface area contributed by atoms with Gasteiger partial charge in [0.1, 0.15) is 0 Å². The minimum absolute atomic E-state index is 0.0250. The summed E-state index contributed by atoms with van der Waals surface area (Å²) in [6.45, 7) is 9.45. The van der Waals surface area contributed by atoms with Crippen LogP contribution in [0.25, 0.3) is 0 Å². The van der Waals surface area contributed by atoms with Gasteiger partial charge in [0, 0.05) is 11.3 Å². The molecule has 2 N–H and O–H groups in total. The highest BCUT2D eigenvalue weighted by atomic mass is 16.2. The van der Waals surface area contributed by atoms with Crippen LogP contribution in [0.15, 0.2) is 42.5 Å². The summed E-state index contributed by atoms with van der Waals surface area (Å²) < 4.78 is 0. The molecule has 27 heavy (non-hydrogen) atoms. The number of carbonyl (C=O) groups is 2. The van der Waals surface area contributed by atoms with Gasteiger partial charge in [-0.25, -0.2) is 0 Å². The van der Waals surface area contributed by atoms with Crippen molar-refractivity contribution in [2.24, 2.45) is 0 Å². The highest BCUT2D eigenvalue weighted by Crippen LogP contribution is 2.17. The molecular weight excluding hydrogens is 338 g/mol. The molecule has 0 aliphatic carbocycles. The van der Waals surface area contributed by atoms with Crippen molar-refractivity contribution in [3.63, 3.8) is 0 Å². The predicted octanol–water partition coefficient (Wildman–Crippen LogP) is 1.59. The number of benzene rings is 2. The first-order chi connectivity index (χ1) is 12.9. The first-order valence-electron chi connectivity index (χ1n) is 9.49. The van der Waals surface area contributed by atoms with Gasteiger partial charge in [0.05, 0.1) is 26.2 Å². The molecule has 1 heterocycles. The molecule has 0 atom stereocenters. The third kappa shape index (κ3) is 4.74. The Morgan fingerprint density at radius 1 is 1.00 bits per heavy atom. The first-order valence-corrected chi connectivity index (χ1v) is 9.49. The van der Waals surface area contributed by atoms with E-state index < -0.39 is 0 Å². The fourth-order valence-electron chi connectivity index (χ4n) is 3.39. The molecule has 1 aliphatic rings. The Hall–Kier alpha value is -2.66. The van der Waals surface area contributed by atoms with Crippen LogP contribution in [0, 0.1) is 20.8 Å². The summed E-state index contributed by atoms with van der Waals surface area (Å²) in [6.07, 6.45) is 0. The molecule has 142 valence electrons. The largest absolute Gasteiger partial charge is 0.327 e. The highest BCUT2D eigenvalue weighted by Gasteiger charge is 2.26. The van der Waals surface area contributed by atoms with Gasteiger partial charge < -0.3 is 15.1 Å². The molecule has 0 radical (unpaired) electrons. The summed E-state index contributed by atoms with van der Waals surface area (Å²) >= 11 is 0. The van der Waals surface area contributed by atoms with Crippen LogP contribution in [0.4, 0.5) is 5.69 Å². The molecule has 1 aliphatic heterocycles. The van der Waals surface area contributed by atoms with Crippen molar-refractivity contribution in [3.8, 4) is 0 Å². The predicted molar refractivity (Wildman–Crippen MR) is 107 cm³/mol. The molecule has 0 unspecified atom stereocenters. The molecule has 0 spiro atoms. The van der Waals surface area contributed by atoms with Crippen LogP contribution in [0.5, 0.6) is 0 Å². The van der Waals surface area contributed by atoms with Gasteiger partial charge in [-0.1, -0.05) is 29.8 Å². The van der Waals surface area contributed by atoms with Crippen LogP contribution in [0.3, 0.4) is 0 Å². The van der Waals surface area contributed by atoms with E-state index in [4.69, 9.17) is 0 Å². The summed E-state index contributed by atoms with van der Waals surface area (Å²) in [5, 5.41) is 3.02. The summed E-state index contributed by atoms with van der Waals surface area (Å²) in [5.41, 5.74) is 5.04. The SMILES string of the molecule is Cc1ccc(C(=O)N2CC[NH+](CC(=O)Nc3cccc(C)c3C)CC2)cc1. The lowest BCUT2D eigenvalue weighted by Crippen LogP contribution is -3.15. The second-order valence-electron chi connectivity index (χ2n) is 7.38. The summed E-state index contributed by atoms with van der Waals surface area (Å²) in [6, 6.07) is 13.6. The number of quaternary nitrogens is 1. The molecule has 2 aromatic carbocycles. The van der Waals surface area contributed by atoms with Crippen LogP contribution >= 0.6 is 0 Å². The standard InChI is InChI=1S/C22H27N3O2/c1-16-7-9-19(10-8-16)22(27)25-13-11-24(12-14-25)15-21(26)23-20-6-4-5-17(2)18(20)3/h4-10H,11-15H2,1-3H3,(H,23,26)/p+1. The van der Waals surface area contributed by atoms with E-state index in [0.29, 0.717) is 19.6 Å². The van der Waals surface area contributed by atoms with Crippen molar-refractivity contribution in [1.82, 2.24) is 4.90 Å².